The smallest absolute Gasteiger partial charge is 0.317 e. The van der Waals surface area contributed by atoms with E-state index in [1.807, 2.05) is 4.90 Å². The highest BCUT2D eigenvalue weighted by Crippen LogP contribution is 2.33. The minimum Gasteiger partial charge on any atom is -0.396 e. The number of urea groups is 1. The van der Waals surface area contributed by atoms with Crippen LogP contribution in [0, 0.1) is 11.3 Å². The van der Waals surface area contributed by atoms with Crippen LogP contribution >= 0.6 is 0 Å². The first-order valence-corrected chi connectivity index (χ1v) is 8.27. The number of nitrogens with one attached hydrogen (secondary N) is 1. The van der Waals surface area contributed by atoms with Crippen LogP contribution in [0.3, 0.4) is 0 Å². The van der Waals surface area contributed by atoms with Gasteiger partial charge in [0.25, 0.3) is 0 Å². The maximum Gasteiger partial charge on any atom is 0.317 e. The van der Waals surface area contributed by atoms with Crippen LogP contribution < -0.4 is 5.32 Å². The summed E-state index contributed by atoms with van der Waals surface area (Å²) in [5.41, 5.74) is 0.287. The zero-order valence-corrected chi connectivity index (χ0v) is 12.9. The summed E-state index contributed by atoms with van der Waals surface area (Å²) in [4.78, 5) is 14.1. The monoisotopic (exact) mass is 282 g/mol. The van der Waals surface area contributed by atoms with Crippen LogP contribution in [0.2, 0.25) is 0 Å². The molecule has 2 fully saturated rings. The molecule has 1 heterocycles. The molecule has 0 atom stereocenters. The number of aliphatic hydroxyl groups excluding tert-OH is 1. The van der Waals surface area contributed by atoms with Crippen LogP contribution in [-0.2, 0) is 0 Å². The molecular formula is C16H30N2O2. The third kappa shape index (κ3) is 4.37. The molecule has 1 aliphatic carbocycles. The van der Waals surface area contributed by atoms with E-state index in [9.17, 15) is 4.79 Å². The predicted molar refractivity (Wildman–Crippen MR) is 80.6 cm³/mol. The van der Waals surface area contributed by atoms with Crippen LogP contribution in [-0.4, -0.2) is 42.3 Å². The van der Waals surface area contributed by atoms with Crippen molar-refractivity contribution in [1.29, 1.82) is 0 Å². The van der Waals surface area contributed by atoms with Gasteiger partial charge in [0, 0.05) is 26.2 Å². The molecule has 4 nitrogen and oxygen atoms in total. The van der Waals surface area contributed by atoms with E-state index in [0.717, 1.165) is 32.5 Å². The van der Waals surface area contributed by atoms with Gasteiger partial charge in [0.05, 0.1) is 0 Å². The summed E-state index contributed by atoms with van der Waals surface area (Å²) in [6, 6.07) is 0.0897. The third-order valence-corrected chi connectivity index (χ3v) is 5.14. The second kappa shape index (κ2) is 7.30. The summed E-state index contributed by atoms with van der Waals surface area (Å²) >= 11 is 0. The fourth-order valence-electron chi connectivity index (χ4n) is 3.48. The summed E-state index contributed by atoms with van der Waals surface area (Å²) in [6.07, 6.45) is 9.63. The van der Waals surface area contributed by atoms with E-state index in [-0.39, 0.29) is 18.1 Å². The van der Waals surface area contributed by atoms with Crippen molar-refractivity contribution in [1.82, 2.24) is 10.2 Å². The molecule has 2 aliphatic rings. The Labute approximate surface area is 122 Å². The van der Waals surface area contributed by atoms with Gasteiger partial charge < -0.3 is 15.3 Å². The summed E-state index contributed by atoms with van der Waals surface area (Å²) in [6.45, 7) is 4.96. The topological polar surface area (TPSA) is 52.6 Å². The fourth-order valence-corrected chi connectivity index (χ4v) is 3.48. The second-order valence-corrected chi connectivity index (χ2v) is 7.00. The molecule has 2 amide bonds. The van der Waals surface area contributed by atoms with Gasteiger partial charge in [-0.25, -0.2) is 4.79 Å². The Balaban J connectivity index is 1.74. The van der Waals surface area contributed by atoms with Crippen LogP contribution in [0.5, 0.6) is 0 Å². The molecule has 0 bridgehead atoms. The zero-order chi connectivity index (χ0) is 14.4. The Morgan fingerprint density at radius 2 is 1.80 bits per heavy atom. The van der Waals surface area contributed by atoms with Gasteiger partial charge in [-0.05, 0) is 37.0 Å². The number of hydrogen-bond acceptors (Lipinski definition) is 2. The van der Waals surface area contributed by atoms with Crippen LogP contribution in [0.15, 0.2) is 0 Å². The molecule has 0 aromatic carbocycles. The molecule has 4 heteroatoms. The van der Waals surface area contributed by atoms with Crippen LogP contribution in [0.25, 0.3) is 0 Å². The summed E-state index contributed by atoms with van der Waals surface area (Å²) in [5, 5.41) is 12.3. The van der Waals surface area contributed by atoms with E-state index in [1.165, 1.54) is 38.5 Å². The Morgan fingerprint density at radius 3 is 2.35 bits per heavy atom. The van der Waals surface area contributed by atoms with E-state index in [1.54, 1.807) is 0 Å². The number of nitrogens with zero attached hydrogens (tertiary/aromatic N) is 1. The molecule has 20 heavy (non-hydrogen) atoms. The molecule has 2 N–H and O–H groups in total. The van der Waals surface area contributed by atoms with Crippen molar-refractivity contribution < 1.29 is 9.90 Å². The second-order valence-electron chi connectivity index (χ2n) is 7.00. The maximum absolute atomic E-state index is 12.2. The molecule has 0 unspecified atom stereocenters. The molecule has 2 rings (SSSR count). The molecule has 0 aromatic rings. The number of aliphatic hydroxyl groups is 1. The number of likely N-dealkylation sites (tertiary alicyclic amines) is 1. The van der Waals surface area contributed by atoms with Crippen molar-refractivity contribution >= 4 is 6.03 Å². The number of hydrogen-bond donors (Lipinski definition) is 2. The van der Waals surface area contributed by atoms with Gasteiger partial charge in [-0.3, -0.25) is 0 Å². The number of amides is 2. The quantitative estimate of drug-likeness (QED) is 0.782. The number of rotatable bonds is 3. The van der Waals surface area contributed by atoms with Crippen molar-refractivity contribution in [3.8, 4) is 0 Å². The van der Waals surface area contributed by atoms with Gasteiger partial charge in [-0.15, -0.1) is 0 Å². The molecular weight excluding hydrogens is 252 g/mol. The van der Waals surface area contributed by atoms with Gasteiger partial charge in [-0.1, -0.05) is 32.6 Å². The Bertz CT molecular complexity index is 304. The summed E-state index contributed by atoms with van der Waals surface area (Å²) < 4.78 is 0. The van der Waals surface area contributed by atoms with E-state index < -0.39 is 0 Å². The fraction of sp³-hybridized carbons (Fsp3) is 0.938. The SMILES string of the molecule is CC1(CNC(=O)N2CCC(CO)CC2)CCCCCC1. The van der Waals surface area contributed by atoms with Gasteiger partial charge in [0.1, 0.15) is 0 Å². The predicted octanol–water partition coefficient (Wildman–Crippen LogP) is 2.76. The van der Waals surface area contributed by atoms with Crippen molar-refractivity contribution in [2.75, 3.05) is 26.2 Å². The largest absolute Gasteiger partial charge is 0.396 e. The minimum atomic E-state index is 0.0897. The van der Waals surface area contributed by atoms with Crippen molar-refractivity contribution in [2.45, 2.75) is 58.3 Å². The zero-order valence-electron chi connectivity index (χ0n) is 12.9. The van der Waals surface area contributed by atoms with Gasteiger partial charge in [0.15, 0.2) is 0 Å². The Kier molecular flexibility index (Phi) is 5.70. The lowest BCUT2D eigenvalue weighted by molar-refractivity contribution is 0.134. The standard InChI is InChI=1S/C16H30N2O2/c1-16(8-4-2-3-5-9-16)13-17-15(20)18-10-6-14(12-19)7-11-18/h14,19H,2-13H2,1H3,(H,17,20). The highest BCUT2D eigenvalue weighted by atomic mass is 16.3. The van der Waals surface area contributed by atoms with Crippen LogP contribution in [0.1, 0.15) is 58.3 Å². The number of piperidine rings is 1. The highest BCUT2D eigenvalue weighted by molar-refractivity contribution is 5.74. The van der Waals surface area contributed by atoms with E-state index >= 15 is 0 Å². The van der Waals surface area contributed by atoms with E-state index in [4.69, 9.17) is 5.11 Å². The first kappa shape index (κ1) is 15.6. The van der Waals surface area contributed by atoms with Gasteiger partial charge in [-0.2, -0.15) is 0 Å². The first-order chi connectivity index (χ1) is 9.63. The normalized spacial score (nSPS) is 24.2. The molecule has 0 aromatic heterocycles. The number of carbonyl (C=O) groups excluding carboxylic acids is 1. The van der Waals surface area contributed by atoms with Gasteiger partial charge in [0.2, 0.25) is 0 Å². The average Bonchev–Trinajstić information content (AvgIpc) is 2.70. The number of carbonyl (C=O) groups is 1. The highest BCUT2D eigenvalue weighted by Gasteiger charge is 2.28. The Hall–Kier alpha value is -0.770. The van der Waals surface area contributed by atoms with Crippen LogP contribution in [0.4, 0.5) is 4.79 Å². The average molecular weight is 282 g/mol. The molecule has 0 radical (unpaired) electrons. The Morgan fingerprint density at radius 1 is 1.20 bits per heavy atom. The molecule has 116 valence electrons. The van der Waals surface area contributed by atoms with E-state index in [0.29, 0.717) is 5.92 Å². The molecule has 1 saturated carbocycles. The third-order valence-electron chi connectivity index (χ3n) is 5.14. The lowest BCUT2D eigenvalue weighted by Gasteiger charge is -2.33. The first-order valence-electron chi connectivity index (χ1n) is 8.27. The lowest BCUT2D eigenvalue weighted by atomic mass is 9.82. The lowest BCUT2D eigenvalue weighted by Crippen LogP contribution is -2.47. The van der Waals surface area contributed by atoms with Gasteiger partial charge >= 0.3 is 6.03 Å². The maximum atomic E-state index is 12.2. The summed E-state index contributed by atoms with van der Waals surface area (Å²) in [7, 11) is 0. The summed E-state index contributed by atoms with van der Waals surface area (Å²) in [5.74, 6) is 0.387. The van der Waals surface area contributed by atoms with Crippen molar-refractivity contribution in [2.24, 2.45) is 11.3 Å². The minimum absolute atomic E-state index is 0.0897. The van der Waals surface area contributed by atoms with Crippen molar-refractivity contribution in [3.63, 3.8) is 0 Å². The van der Waals surface area contributed by atoms with E-state index in [2.05, 4.69) is 12.2 Å². The molecule has 0 spiro atoms. The molecule has 1 aliphatic heterocycles. The van der Waals surface area contributed by atoms with Crippen molar-refractivity contribution in [3.05, 3.63) is 0 Å². The molecule has 1 saturated heterocycles.